The number of esters is 1. The van der Waals surface area contributed by atoms with Gasteiger partial charge < -0.3 is 14.8 Å². The summed E-state index contributed by atoms with van der Waals surface area (Å²) in [5.41, 5.74) is 1.42. The Morgan fingerprint density at radius 2 is 2.08 bits per heavy atom. The molecule has 24 heavy (non-hydrogen) atoms. The molecular formula is C18H15NO4S. The summed E-state index contributed by atoms with van der Waals surface area (Å²) in [5, 5.41) is 6.75. The molecule has 1 aliphatic heterocycles. The number of carbonyl (C=O) groups excluding carboxylic acids is 2. The molecule has 1 N–H and O–H groups in total. The molecular weight excluding hydrogens is 326 g/mol. The van der Waals surface area contributed by atoms with Gasteiger partial charge in [-0.2, -0.15) is 11.3 Å². The van der Waals surface area contributed by atoms with E-state index in [1.165, 1.54) is 11.3 Å². The number of ketones is 1. The minimum absolute atomic E-state index is 0.0890. The van der Waals surface area contributed by atoms with E-state index in [9.17, 15) is 9.59 Å². The lowest BCUT2D eigenvalue weighted by molar-refractivity contribution is -0.139. The van der Waals surface area contributed by atoms with E-state index in [1.807, 2.05) is 47.2 Å². The summed E-state index contributed by atoms with van der Waals surface area (Å²) in [6.07, 6.45) is 1.61. The molecule has 5 nitrogen and oxygen atoms in total. The molecule has 0 amide bonds. The van der Waals surface area contributed by atoms with E-state index in [2.05, 4.69) is 5.32 Å². The van der Waals surface area contributed by atoms with Crippen LogP contribution in [-0.2, 0) is 19.1 Å². The van der Waals surface area contributed by atoms with E-state index in [-0.39, 0.29) is 23.8 Å². The first-order valence-electron chi connectivity index (χ1n) is 7.39. The van der Waals surface area contributed by atoms with Gasteiger partial charge in [-0.15, -0.1) is 0 Å². The molecule has 3 rings (SSSR count). The molecule has 2 aromatic rings. The molecule has 2 heterocycles. The number of carbonyl (C=O) groups is 2. The average molecular weight is 341 g/mol. The topological polar surface area (TPSA) is 64.6 Å². The van der Waals surface area contributed by atoms with Gasteiger partial charge in [0.15, 0.2) is 11.3 Å². The second kappa shape index (κ2) is 7.14. The lowest BCUT2D eigenvalue weighted by Crippen LogP contribution is -2.16. The van der Waals surface area contributed by atoms with E-state index in [0.717, 1.165) is 5.56 Å². The molecule has 122 valence electrons. The van der Waals surface area contributed by atoms with Crippen LogP contribution in [0.3, 0.4) is 0 Å². The fraction of sp³-hybridized carbons (Fsp3) is 0.111. The number of rotatable bonds is 5. The van der Waals surface area contributed by atoms with Crippen molar-refractivity contribution in [1.82, 2.24) is 0 Å². The fourth-order valence-corrected chi connectivity index (χ4v) is 2.78. The number of thiophene rings is 1. The first kappa shape index (κ1) is 16.0. The quantitative estimate of drug-likeness (QED) is 0.512. The summed E-state index contributed by atoms with van der Waals surface area (Å²) in [7, 11) is 0. The zero-order valence-corrected chi connectivity index (χ0v) is 13.8. The van der Waals surface area contributed by atoms with Gasteiger partial charge in [0, 0.05) is 5.69 Å². The predicted octanol–water partition coefficient (Wildman–Crippen LogP) is 3.58. The van der Waals surface area contributed by atoms with E-state index in [0.29, 0.717) is 5.69 Å². The smallest absolute Gasteiger partial charge is 0.347 e. The highest BCUT2D eigenvalue weighted by molar-refractivity contribution is 7.08. The Balaban J connectivity index is 1.93. The Labute approximate surface area is 143 Å². The summed E-state index contributed by atoms with van der Waals surface area (Å²) in [6, 6.07) is 11.0. The lowest BCUT2D eigenvalue weighted by atomic mass is 10.1. The van der Waals surface area contributed by atoms with Crippen LogP contribution in [0, 0.1) is 0 Å². The minimum Gasteiger partial charge on any atom is -0.462 e. The maximum absolute atomic E-state index is 12.6. The van der Waals surface area contributed by atoms with Crippen molar-refractivity contribution in [3.63, 3.8) is 0 Å². The van der Waals surface area contributed by atoms with Gasteiger partial charge in [-0.1, -0.05) is 18.2 Å². The molecule has 0 atom stereocenters. The molecule has 6 heteroatoms. The van der Waals surface area contributed by atoms with Gasteiger partial charge in [-0.3, -0.25) is 4.79 Å². The Morgan fingerprint density at radius 1 is 1.29 bits per heavy atom. The van der Waals surface area contributed by atoms with E-state index in [4.69, 9.17) is 9.47 Å². The van der Waals surface area contributed by atoms with Gasteiger partial charge in [-0.25, -0.2) is 4.79 Å². The van der Waals surface area contributed by atoms with Crippen molar-refractivity contribution in [2.24, 2.45) is 0 Å². The number of anilines is 1. The number of Topliss-reactive ketones (excluding diaryl/α,β-unsaturated/α-hetero) is 1. The zero-order valence-electron chi connectivity index (χ0n) is 12.9. The molecule has 1 aromatic heterocycles. The highest BCUT2D eigenvalue weighted by Gasteiger charge is 2.36. The van der Waals surface area contributed by atoms with Crippen LogP contribution in [0.25, 0.3) is 6.08 Å². The van der Waals surface area contributed by atoms with Crippen molar-refractivity contribution < 1.29 is 19.1 Å². The average Bonchev–Trinajstić information content (AvgIpc) is 3.18. The number of para-hydroxylation sites is 1. The summed E-state index contributed by atoms with van der Waals surface area (Å²) >= 11 is 1.51. The molecule has 0 unspecified atom stereocenters. The highest BCUT2D eigenvalue weighted by atomic mass is 32.1. The van der Waals surface area contributed by atoms with Gasteiger partial charge in [0.25, 0.3) is 0 Å². The first-order valence-corrected chi connectivity index (χ1v) is 8.33. The Morgan fingerprint density at radius 3 is 2.75 bits per heavy atom. The third-order valence-corrected chi connectivity index (χ3v) is 3.94. The van der Waals surface area contributed by atoms with Gasteiger partial charge >= 0.3 is 5.97 Å². The lowest BCUT2D eigenvalue weighted by Gasteiger charge is -2.08. The van der Waals surface area contributed by atoms with Crippen molar-refractivity contribution in [2.45, 2.75) is 6.92 Å². The van der Waals surface area contributed by atoms with Crippen LogP contribution in [0.2, 0.25) is 0 Å². The van der Waals surface area contributed by atoms with Crippen LogP contribution in [0.15, 0.2) is 64.4 Å². The molecule has 1 aromatic carbocycles. The minimum atomic E-state index is -0.699. The van der Waals surface area contributed by atoms with Gasteiger partial charge in [0.1, 0.15) is 0 Å². The van der Waals surface area contributed by atoms with E-state index >= 15 is 0 Å². The van der Waals surface area contributed by atoms with Crippen LogP contribution in [0.4, 0.5) is 5.69 Å². The van der Waals surface area contributed by atoms with Gasteiger partial charge in [0.2, 0.25) is 11.7 Å². The van der Waals surface area contributed by atoms with Crippen molar-refractivity contribution in [2.75, 3.05) is 11.9 Å². The van der Waals surface area contributed by atoms with Crippen molar-refractivity contribution >= 4 is 34.9 Å². The van der Waals surface area contributed by atoms with Crippen LogP contribution < -0.4 is 5.32 Å². The second-order valence-electron chi connectivity index (χ2n) is 4.91. The molecule has 0 aliphatic carbocycles. The van der Waals surface area contributed by atoms with E-state index in [1.54, 1.807) is 13.0 Å². The molecule has 0 bridgehead atoms. The monoisotopic (exact) mass is 341 g/mol. The normalized spacial score (nSPS) is 15.5. The second-order valence-corrected chi connectivity index (χ2v) is 5.69. The molecule has 0 radical (unpaired) electrons. The predicted molar refractivity (Wildman–Crippen MR) is 92.1 cm³/mol. The number of benzene rings is 1. The van der Waals surface area contributed by atoms with Crippen molar-refractivity contribution in [3.05, 3.63) is 69.9 Å². The molecule has 1 aliphatic rings. The maximum Gasteiger partial charge on any atom is 0.347 e. The highest BCUT2D eigenvalue weighted by Crippen LogP contribution is 2.29. The van der Waals surface area contributed by atoms with Gasteiger partial charge in [-0.05, 0) is 47.5 Å². The SMILES string of the molecule is CCOC(=O)C1=C(Nc2ccccc2)OC(=Cc2ccsc2)C1=O. The fourth-order valence-electron chi connectivity index (χ4n) is 2.17. The molecule has 0 fully saturated rings. The van der Waals surface area contributed by atoms with Crippen LogP contribution in [0.1, 0.15) is 12.5 Å². The van der Waals surface area contributed by atoms with Crippen LogP contribution >= 0.6 is 11.3 Å². The summed E-state index contributed by atoms with van der Waals surface area (Å²) in [6.45, 7) is 1.86. The summed E-state index contributed by atoms with van der Waals surface area (Å²) in [4.78, 5) is 24.7. The number of hydrogen-bond donors (Lipinski definition) is 1. The molecule has 0 spiro atoms. The number of ether oxygens (including phenoxy) is 2. The van der Waals surface area contributed by atoms with Crippen molar-refractivity contribution in [3.8, 4) is 0 Å². The third kappa shape index (κ3) is 3.38. The maximum atomic E-state index is 12.6. The standard InChI is InChI=1S/C18H15NO4S/c1-2-22-18(21)15-16(20)14(10-12-8-9-24-11-12)23-17(15)19-13-6-4-3-5-7-13/h3-11,19H,2H2,1H3. The summed E-state index contributed by atoms with van der Waals surface area (Å²) < 4.78 is 10.6. The molecule has 0 saturated carbocycles. The first-order chi connectivity index (χ1) is 11.7. The van der Waals surface area contributed by atoms with Crippen LogP contribution in [0.5, 0.6) is 0 Å². The Bertz CT molecular complexity index is 807. The zero-order chi connectivity index (χ0) is 16.9. The Kier molecular flexibility index (Phi) is 4.77. The largest absolute Gasteiger partial charge is 0.462 e. The third-order valence-electron chi connectivity index (χ3n) is 3.24. The number of nitrogens with one attached hydrogen (secondary N) is 1. The number of allylic oxidation sites excluding steroid dienone is 1. The molecule has 0 saturated heterocycles. The van der Waals surface area contributed by atoms with Crippen molar-refractivity contribution in [1.29, 1.82) is 0 Å². The Hall–Kier alpha value is -2.86. The van der Waals surface area contributed by atoms with E-state index < -0.39 is 11.8 Å². The van der Waals surface area contributed by atoms with Crippen LogP contribution in [-0.4, -0.2) is 18.4 Å². The number of hydrogen-bond acceptors (Lipinski definition) is 6. The van der Waals surface area contributed by atoms with Gasteiger partial charge in [0.05, 0.1) is 6.61 Å². The summed E-state index contributed by atoms with van der Waals surface area (Å²) in [5.74, 6) is -1.01.